The zero-order valence-corrected chi connectivity index (χ0v) is 15.0. The second-order valence-electron chi connectivity index (χ2n) is 7.05. The van der Waals surface area contributed by atoms with Crippen LogP contribution in [0.3, 0.4) is 0 Å². The Morgan fingerprint density at radius 3 is 1.42 bits per heavy atom. The summed E-state index contributed by atoms with van der Waals surface area (Å²) in [5.74, 6) is -0.313. The van der Waals surface area contributed by atoms with Gasteiger partial charge in [0.15, 0.2) is 0 Å². The van der Waals surface area contributed by atoms with Gasteiger partial charge in [-0.2, -0.15) is 0 Å². The maximum Gasteiger partial charge on any atom is 0.231 e. The van der Waals surface area contributed by atoms with Crippen LogP contribution in [-0.2, 0) is 9.59 Å². The molecule has 2 amide bonds. The molecule has 0 radical (unpaired) electrons. The highest BCUT2D eigenvalue weighted by atomic mass is 16.2. The molecule has 0 N–H and O–H groups in total. The van der Waals surface area contributed by atoms with Crippen molar-refractivity contribution in [3.8, 4) is 0 Å². The Bertz CT molecular complexity index is 461. The van der Waals surface area contributed by atoms with E-state index in [-0.39, 0.29) is 23.7 Å². The van der Waals surface area contributed by atoms with Crippen LogP contribution in [0.1, 0.15) is 13.8 Å². The minimum absolute atomic E-state index is 0.112. The SMILES string of the molecule is C=C1[C@H](C(=O)N2CCN(CC)CC2)[C@@H]1C(=O)N1CCN(CC)CC1. The number of amides is 2. The second-order valence-corrected chi connectivity index (χ2v) is 7.05. The molecule has 6 nitrogen and oxygen atoms in total. The minimum Gasteiger partial charge on any atom is -0.340 e. The molecule has 3 rings (SSSR count). The molecule has 0 aromatic carbocycles. The topological polar surface area (TPSA) is 47.1 Å². The average Bonchev–Trinajstić information content (AvgIpc) is 3.31. The molecular weight excluding hydrogens is 304 g/mol. The van der Waals surface area contributed by atoms with Gasteiger partial charge in [-0.05, 0) is 13.1 Å². The van der Waals surface area contributed by atoms with E-state index in [1.807, 2.05) is 9.80 Å². The maximum atomic E-state index is 12.7. The van der Waals surface area contributed by atoms with E-state index in [1.54, 1.807) is 0 Å². The Labute approximate surface area is 145 Å². The molecule has 0 unspecified atom stereocenters. The third-order valence-corrected chi connectivity index (χ3v) is 5.82. The zero-order valence-electron chi connectivity index (χ0n) is 15.0. The molecule has 1 aliphatic carbocycles. The smallest absolute Gasteiger partial charge is 0.231 e. The first-order valence-corrected chi connectivity index (χ1v) is 9.27. The maximum absolute atomic E-state index is 12.7. The van der Waals surface area contributed by atoms with Crippen LogP contribution in [0.5, 0.6) is 0 Å². The van der Waals surface area contributed by atoms with Gasteiger partial charge < -0.3 is 19.6 Å². The van der Waals surface area contributed by atoms with Crippen LogP contribution in [0.15, 0.2) is 12.2 Å². The molecule has 3 aliphatic rings. The summed E-state index contributed by atoms with van der Waals surface area (Å²) in [5, 5.41) is 0. The molecular formula is C18H30N4O2. The van der Waals surface area contributed by atoms with Gasteiger partial charge in [0, 0.05) is 52.4 Å². The molecule has 1 saturated carbocycles. The molecule has 2 heterocycles. The van der Waals surface area contributed by atoms with E-state index < -0.39 is 0 Å². The highest BCUT2D eigenvalue weighted by Gasteiger charge is 2.55. The number of hydrogen-bond donors (Lipinski definition) is 0. The van der Waals surface area contributed by atoms with Gasteiger partial charge in [0.2, 0.25) is 11.8 Å². The van der Waals surface area contributed by atoms with Gasteiger partial charge in [0.05, 0.1) is 11.8 Å². The fourth-order valence-corrected chi connectivity index (χ4v) is 3.88. The van der Waals surface area contributed by atoms with Crippen molar-refractivity contribution in [2.24, 2.45) is 11.8 Å². The molecule has 6 heteroatoms. The quantitative estimate of drug-likeness (QED) is 0.685. The first-order chi connectivity index (χ1) is 11.6. The fraction of sp³-hybridized carbons (Fsp3) is 0.778. The predicted octanol–water partition coefficient (Wildman–Crippen LogP) is 0.117. The molecule has 2 atom stereocenters. The van der Waals surface area contributed by atoms with Crippen LogP contribution in [0, 0.1) is 11.8 Å². The molecule has 2 aliphatic heterocycles. The van der Waals surface area contributed by atoms with Crippen molar-refractivity contribution in [2.45, 2.75) is 13.8 Å². The van der Waals surface area contributed by atoms with Crippen LogP contribution in [0.2, 0.25) is 0 Å². The number of nitrogens with zero attached hydrogens (tertiary/aromatic N) is 4. The van der Waals surface area contributed by atoms with E-state index in [2.05, 4.69) is 30.2 Å². The summed E-state index contributed by atoms with van der Waals surface area (Å²) in [4.78, 5) is 34.0. The van der Waals surface area contributed by atoms with Crippen molar-refractivity contribution in [1.82, 2.24) is 19.6 Å². The van der Waals surface area contributed by atoms with Crippen LogP contribution < -0.4 is 0 Å². The minimum atomic E-state index is -0.269. The number of likely N-dealkylation sites (N-methyl/N-ethyl adjacent to an activating group) is 2. The highest BCUT2D eigenvalue weighted by Crippen LogP contribution is 2.47. The molecule has 0 aromatic rings. The number of carbonyl (C=O) groups is 2. The number of hydrogen-bond acceptors (Lipinski definition) is 4. The number of piperazine rings is 2. The third kappa shape index (κ3) is 3.35. The average molecular weight is 334 g/mol. The fourth-order valence-electron chi connectivity index (χ4n) is 3.88. The lowest BCUT2D eigenvalue weighted by atomic mass is 10.2. The number of rotatable bonds is 4. The Morgan fingerprint density at radius 1 is 0.792 bits per heavy atom. The largest absolute Gasteiger partial charge is 0.340 e. The van der Waals surface area contributed by atoms with Gasteiger partial charge in [-0.1, -0.05) is 26.0 Å². The van der Waals surface area contributed by atoms with E-state index in [1.165, 1.54) is 0 Å². The van der Waals surface area contributed by atoms with Gasteiger partial charge in [-0.15, -0.1) is 0 Å². The molecule has 0 bridgehead atoms. The summed E-state index contributed by atoms with van der Waals surface area (Å²) in [6.07, 6.45) is 0. The van der Waals surface area contributed by atoms with Crippen LogP contribution in [0.25, 0.3) is 0 Å². The van der Waals surface area contributed by atoms with Crippen molar-refractivity contribution in [1.29, 1.82) is 0 Å². The Morgan fingerprint density at radius 2 is 1.12 bits per heavy atom. The normalized spacial score (nSPS) is 29.0. The standard InChI is InChI=1S/C18H30N4O2/c1-4-19-6-10-21(11-7-19)17(23)15-14(3)16(15)18(24)22-12-8-20(5-2)9-13-22/h15-16H,3-13H2,1-2H3/t15-,16+. The Balaban J connectivity index is 1.53. The van der Waals surface area contributed by atoms with Crippen molar-refractivity contribution >= 4 is 11.8 Å². The third-order valence-electron chi connectivity index (χ3n) is 5.82. The summed E-state index contributed by atoms with van der Waals surface area (Å²) < 4.78 is 0. The lowest BCUT2D eigenvalue weighted by Gasteiger charge is -2.35. The predicted molar refractivity (Wildman–Crippen MR) is 93.5 cm³/mol. The van der Waals surface area contributed by atoms with Crippen molar-refractivity contribution in [3.05, 3.63) is 12.2 Å². The van der Waals surface area contributed by atoms with Crippen LogP contribution in [-0.4, -0.2) is 96.9 Å². The lowest BCUT2D eigenvalue weighted by Crippen LogP contribution is -2.50. The van der Waals surface area contributed by atoms with Crippen LogP contribution in [0.4, 0.5) is 0 Å². The number of carbonyl (C=O) groups excluding carboxylic acids is 2. The van der Waals surface area contributed by atoms with Gasteiger partial charge in [-0.3, -0.25) is 9.59 Å². The van der Waals surface area contributed by atoms with Crippen molar-refractivity contribution in [2.75, 3.05) is 65.4 Å². The Hall–Kier alpha value is -1.40. The van der Waals surface area contributed by atoms with E-state index in [9.17, 15) is 9.59 Å². The zero-order chi connectivity index (χ0) is 17.3. The van der Waals surface area contributed by atoms with E-state index in [0.29, 0.717) is 0 Å². The van der Waals surface area contributed by atoms with Crippen molar-refractivity contribution in [3.63, 3.8) is 0 Å². The molecule has 2 saturated heterocycles. The van der Waals surface area contributed by atoms with E-state index in [4.69, 9.17) is 0 Å². The monoisotopic (exact) mass is 334 g/mol. The molecule has 134 valence electrons. The van der Waals surface area contributed by atoms with Gasteiger partial charge in [0.1, 0.15) is 0 Å². The summed E-state index contributed by atoms with van der Waals surface area (Å²) in [7, 11) is 0. The second kappa shape index (κ2) is 7.23. The van der Waals surface area contributed by atoms with Gasteiger partial charge in [0.25, 0.3) is 0 Å². The first-order valence-electron chi connectivity index (χ1n) is 9.27. The van der Waals surface area contributed by atoms with E-state index >= 15 is 0 Å². The molecule has 0 aromatic heterocycles. The first kappa shape index (κ1) is 17.4. The van der Waals surface area contributed by atoms with Gasteiger partial charge in [-0.25, -0.2) is 0 Å². The summed E-state index contributed by atoms with van der Waals surface area (Å²) >= 11 is 0. The molecule has 24 heavy (non-hydrogen) atoms. The molecule has 0 spiro atoms. The lowest BCUT2D eigenvalue weighted by molar-refractivity contribution is -0.139. The van der Waals surface area contributed by atoms with Gasteiger partial charge >= 0.3 is 0 Å². The summed E-state index contributed by atoms with van der Waals surface area (Å²) in [5.41, 5.74) is 0.820. The van der Waals surface area contributed by atoms with Crippen molar-refractivity contribution < 1.29 is 9.59 Å². The Kier molecular flexibility index (Phi) is 5.25. The van der Waals surface area contributed by atoms with Crippen LogP contribution >= 0.6 is 0 Å². The summed E-state index contributed by atoms with van der Waals surface area (Å²) in [6.45, 7) is 17.2. The summed E-state index contributed by atoms with van der Waals surface area (Å²) in [6, 6.07) is 0. The van der Waals surface area contributed by atoms with E-state index in [0.717, 1.165) is 71.0 Å². The highest BCUT2D eigenvalue weighted by molar-refractivity contribution is 5.99. The molecule has 3 fully saturated rings.